The molecule has 0 fully saturated rings. The van der Waals surface area contributed by atoms with Gasteiger partial charge in [0.2, 0.25) is 0 Å². The first-order valence-electron chi connectivity index (χ1n) is 12.4. The molecule has 0 bridgehead atoms. The van der Waals surface area contributed by atoms with Crippen LogP contribution in [0.25, 0.3) is 0 Å². The zero-order valence-electron chi connectivity index (χ0n) is 22.1. The molecule has 8 nitrogen and oxygen atoms in total. The smallest absolute Gasteiger partial charge is 0.416 e. The maximum atomic E-state index is 13.3. The summed E-state index contributed by atoms with van der Waals surface area (Å²) in [6, 6.07) is 17.3. The predicted octanol–water partition coefficient (Wildman–Crippen LogP) is 5.79. The first kappa shape index (κ1) is 29.7. The van der Waals surface area contributed by atoms with Crippen LogP contribution in [0.15, 0.2) is 88.3 Å². The van der Waals surface area contributed by atoms with Gasteiger partial charge in [-0.1, -0.05) is 17.8 Å². The van der Waals surface area contributed by atoms with Crippen LogP contribution in [0.3, 0.4) is 0 Å². The van der Waals surface area contributed by atoms with Crippen LogP contribution in [-0.4, -0.2) is 50.0 Å². The Kier molecular flexibility index (Phi) is 9.35. The van der Waals surface area contributed by atoms with Crippen LogP contribution in [-0.2, 0) is 20.5 Å². The number of nitrogens with zero attached hydrogens (tertiary/aromatic N) is 1. The zero-order chi connectivity index (χ0) is 29.6. The van der Waals surface area contributed by atoms with Crippen molar-refractivity contribution in [2.45, 2.75) is 17.5 Å². The van der Waals surface area contributed by atoms with Crippen molar-refractivity contribution in [1.82, 2.24) is 4.90 Å². The molecule has 0 atom stereocenters. The van der Waals surface area contributed by atoms with Gasteiger partial charge in [0.25, 0.3) is 17.7 Å². The highest BCUT2D eigenvalue weighted by Crippen LogP contribution is 2.37. The largest absolute Gasteiger partial charge is 0.497 e. The molecule has 3 aromatic carbocycles. The van der Waals surface area contributed by atoms with Gasteiger partial charge in [-0.05, 0) is 73.2 Å². The summed E-state index contributed by atoms with van der Waals surface area (Å²) in [5.74, 6) is -0.912. The lowest BCUT2D eigenvalue weighted by Gasteiger charge is -2.14. The van der Waals surface area contributed by atoms with Crippen molar-refractivity contribution in [1.29, 1.82) is 0 Å². The number of hydrogen-bond donors (Lipinski definition) is 2. The molecule has 0 aromatic heterocycles. The highest BCUT2D eigenvalue weighted by molar-refractivity contribution is 8.04. The van der Waals surface area contributed by atoms with Crippen LogP contribution in [0.4, 0.5) is 24.5 Å². The predicted molar refractivity (Wildman–Crippen MR) is 149 cm³/mol. The Balaban J connectivity index is 1.55. The number of halogens is 3. The van der Waals surface area contributed by atoms with Crippen LogP contribution in [0.2, 0.25) is 0 Å². The fourth-order valence-corrected chi connectivity index (χ4v) is 4.92. The Bertz CT molecular complexity index is 1460. The second kappa shape index (κ2) is 12.9. The van der Waals surface area contributed by atoms with Gasteiger partial charge in [0.15, 0.2) is 0 Å². The highest BCUT2D eigenvalue weighted by Gasteiger charge is 2.39. The third kappa shape index (κ3) is 7.27. The Morgan fingerprint density at radius 3 is 2.27 bits per heavy atom. The van der Waals surface area contributed by atoms with Gasteiger partial charge in [-0.15, -0.1) is 0 Å². The number of anilines is 2. The van der Waals surface area contributed by atoms with Gasteiger partial charge >= 0.3 is 6.18 Å². The Labute approximate surface area is 238 Å². The lowest BCUT2D eigenvalue weighted by Crippen LogP contribution is -2.33. The van der Waals surface area contributed by atoms with E-state index < -0.39 is 29.5 Å². The van der Waals surface area contributed by atoms with Gasteiger partial charge in [0.05, 0.1) is 12.7 Å². The first-order chi connectivity index (χ1) is 19.6. The molecule has 1 heterocycles. The van der Waals surface area contributed by atoms with E-state index in [-0.39, 0.29) is 22.7 Å². The molecule has 1 aliphatic rings. The van der Waals surface area contributed by atoms with Crippen LogP contribution < -0.4 is 15.4 Å². The van der Waals surface area contributed by atoms with Crippen LogP contribution in [0.5, 0.6) is 5.75 Å². The molecule has 41 heavy (non-hydrogen) atoms. The lowest BCUT2D eigenvalue weighted by atomic mass is 10.1. The van der Waals surface area contributed by atoms with Gasteiger partial charge in [0.1, 0.15) is 16.4 Å². The number of amides is 3. The molecule has 0 radical (unpaired) electrons. The average molecular weight is 586 g/mol. The molecule has 3 amide bonds. The molecule has 0 unspecified atom stereocenters. The number of carbonyl (C=O) groups excluding carboxylic acids is 3. The van der Waals surface area contributed by atoms with Crippen LogP contribution >= 0.6 is 11.8 Å². The third-order valence-electron chi connectivity index (χ3n) is 6.00. The van der Waals surface area contributed by atoms with Crippen molar-refractivity contribution in [3.63, 3.8) is 0 Å². The highest BCUT2D eigenvalue weighted by atomic mass is 32.2. The number of benzene rings is 3. The Morgan fingerprint density at radius 1 is 0.927 bits per heavy atom. The molecule has 2 N–H and O–H groups in total. The van der Waals surface area contributed by atoms with E-state index in [0.29, 0.717) is 35.0 Å². The molecule has 214 valence electrons. The van der Waals surface area contributed by atoms with E-state index in [1.165, 1.54) is 14.2 Å². The fourth-order valence-electron chi connectivity index (χ4n) is 3.92. The van der Waals surface area contributed by atoms with Crippen molar-refractivity contribution in [3.8, 4) is 5.75 Å². The Hall–Kier alpha value is -4.29. The Morgan fingerprint density at radius 2 is 1.63 bits per heavy atom. The molecule has 4 rings (SSSR count). The molecule has 0 spiro atoms. The molecule has 12 heteroatoms. The minimum absolute atomic E-state index is 0.0491. The van der Waals surface area contributed by atoms with Gasteiger partial charge in [-0.25, -0.2) is 0 Å². The number of imide groups is 1. The topological polar surface area (TPSA) is 97.0 Å². The van der Waals surface area contributed by atoms with Gasteiger partial charge in [-0.3, -0.25) is 19.3 Å². The van der Waals surface area contributed by atoms with Crippen molar-refractivity contribution in [2.24, 2.45) is 0 Å². The summed E-state index contributed by atoms with van der Waals surface area (Å²) in [4.78, 5) is 41.1. The van der Waals surface area contributed by atoms with Crippen molar-refractivity contribution >= 4 is 40.9 Å². The summed E-state index contributed by atoms with van der Waals surface area (Å²) in [6.45, 7) is 0.550. The number of thioether (sulfide) groups is 1. The van der Waals surface area contributed by atoms with Crippen molar-refractivity contribution in [2.75, 3.05) is 38.0 Å². The average Bonchev–Trinajstić information content (AvgIpc) is 3.17. The van der Waals surface area contributed by atoms with E-state index in [2.05, 4.69) is 10.6 Å². The second-order valence-corrected chi connectivity index (χ2v) is 9.91. The lowest BCUT2D eigenvalue weighted by molar-refractivity contribution is -0.138. The summed E-state index contributed by atoms with van der Waals surface area (Å²) >= 11 is 1.06. The van der Waals surface area contributed by atoms with Crippen LogP contribution in [0.1, 0.15) is 22.3 Å². The number of ether oxygens (including phenoxy) is 2. The number of alkyl halides is 3. The van der Waals surface area contributed by atoms with Gasteiger partial charge < -0.3 is 20.1 Å². The maximum absolute atomic E-state index is 13.3. The monoisotopic (exact) mass is 585 g/mol. The molecule has 1 aliphatic heterocycles. The summed E-state index contributed by atoms with van der Waals surface area (Å²) in [5.41, 5.74) is 0.247. The summed E-state index contributed by atoms with van der Waals surface area (Å²) in [5, 5.41) is 5.71. The molecule has 3 aromatic rings. The quantitative estimate of drug-likeness (QED) is 0.217. The fraction of sp³-hybridized carbons (Fsp3) is 0.207. The first-order valence-corrected chi connectivity index (χ1v) is 13.2. The van der Waals surface area contributed by atoms with E-state index in [9.17, 15) is 27.6 Å². The van der Waals surface area contributed by atoms with Crippen molar-refractivity contribution < 1.29 is 37.0 Å². The summed E-state index contributed by atoms with van der Waals surface area (Å²) < 4.78 is 48.8. The second-order valence-electron chi connectivity index (χ2n) is 8.83. The van der Waals surface area contributed by atoms with Crippen molar-refractivity contribution in [3.05, 3.63) is 94.5 Å². The normalized spacial score (nSPS) is 13.5. The standard InChI is InChI=1S/C29H26F3N3O5S/c1-39-16-4-15-35-27(37)24(33-20-11-13-22(40-2)14-12-20)25(28(35)38)41-23-6-3-5-21(17-23)34-26(36)18-7-9-19(10-8-18)29(30,31)32/h3,5-14,17,33H,4,15-16H2,1-2H3,(H,34,36). The SMILES string of the molecule is COCCCN1C(=O)C(Nc2ccc(OC)cc2)=C(Sc2cccc(NC(=O)c3ccc(C(F)(F)F)cc3)c2)C1=O. The maximum Gasteiger partial charge on any atom is 0.416 e. The number of nitrogens with one attached hydrogen (secondary N) is 2. The zero-order valence-corrected chi connectivity index (χ0v) is 22.9. The number of hydrogen-bond acceptors (Lipinski definition) is 7. The minimum Gasteiger partial charge on any atom is -0.497 e. The van der Waals surface area contributed by atoms with E-state index in [4.69, 9.17) is 9.47 Å². The molecular weight excluding hydrogens is 559 g/mol. The molecular formula is C29H26F3N3O5S. The number of methoxy groups -OCH3 is 2. The molecule has 0 saturated carbocycles. The van der Waals surface area contributed by atoms with Crippen LogP contribution in [0, 0.1) is 0 Å². The number of carbonyl (C=O) groups is 3. The van der Waals surface area contributed by atoms with E-state index in [1.54, 1.807) is 48.5 Å². The van der Waals surface area contributed by atoms with Gasteiger partial charge in [-0.2, -0.15) is 13.2 Å². The van der Waals surface area contributed by atoms with E-state index in [0.717, 1.165) is 40.9 Å². The summed E-state index contributed by atoms with van der Waals surface area (Å²) in [6.07, 6.45) is -4.04. The van der Waals surface area contributed by atoms with E-state index >= 15 is 0 Å². The third-order valence-corrected chi connectivity index (χ3v) is 7.07. The molecule has 0 saturated heterocycles. The molecule has 0 aliphatic carbocycles. The van der Waals surface area contributed by atoms with E-state index in [1.807, 2.05) is 0 Å². The summed E-state index contributed by atoms with van der Waals surface area (Å²) in [7, 11) is 3.07. The minimum atomic E-state index is -4.51. The van der Waals surface area contributed by atoms with Gasteiger partial charge in [0, 0.05) is 42.1 Å². The number of rotatable bonds is 11.